The lowest BCUT2D eigenvalue weighted by Crippen LogP contribution is -1.78. The Morgan fingerprint density at radius 3 is 2.42 bits per heavy atom. The van der Waals surface area contributed by atoms with Crippen molar-refractivity contribution in [1.29, 1.82) is 0 Å². The fourth-order valence-electron chi connectivity index (χ4n) is 0.995. The summed E-state index contributed by atoms with van der Waals surface area (Å²) in [6.07, 6.45) is 5.44. The van der Waals surface area contributed by atoms with Gasteiger partial charge in [0.25, 0.3) is 0 Å². The average molecular weight is 159 g/mol. The number of benzene rings is 1. The zero-order valence-corrected chi connectivity index (χ0v) is 7.75. The molecule has 0 atom stereocenters. The van der Waals surface area contributed by atoms with Gasteiger partial charge in [-0.2, -0.15) is 0 Å². The van der Waals surface area contributed by atoms with Gasteiger partial charge in [-0.25, -0.2) is 0 Å². The Morgan fingerprint density at radius 2 is 1.83 bits per heavy atom. The SMILES string of the molecule is C[C](C)CC=Cc1ccccc1. The van der Waals surface area contributed by atoms with Crippen molar-refractivity contribution in [3.05, 3.63) is 47.9 Å². The first-order chi connectivity index (χ1) is 5.79. The molecular weight excluding hydrogens is 144 g/mol. The average Bonchev–Trinajstić information content (AvgIpc) is 2.05. The minimum atomic E-state index is 1.08. The summed E-state index contributed by atoms with van der Waals surface area (Å²) in [7, 11) is 0. The molecule has 0 amide bonds. The van der Waals surface area contributed by atoms with E-state index in [1.54, 1.807) is 0 Å². The van der Waals surface area contributed by atoms with Gasteiger partial charge in [0.1, 0.15) is 0 Å². The molecule has 0 heteroatoms. The first-order valence-electron chi connectivity index (χ1n) is 4.29. The van der Waals surface area contributed by atoms with E-state index in [1.807, 2.05) is 6.07 Å². The quantitative estimate of drug-likeness (QED) is 0.630. The van der Waals surface area contributed by atoms with Crippen molar-refractivity contribution >= 4 is 6.08 Å². The summed E-state index contributed by atoms with van der Waals surface area (Å²) < 4.78 is 0. The Labute approximate surface area is 74.9 Å². The predicted molar refractivity (Wildman–Crippen MR) is 54.7 cm³/mol. The highest BCUT2D eigenvalue weighted by Crippen LogP contribution is 2.06. The second-order valence-corrected chi connectivity index (χ2v) is 3.22. The van der Waals surface area contributed by atoms with E-state index >= 15 is 0 Å². The van der Waals surface area contributed by atoms with Crippen molar-refractivity contribution in [3.8, 4) is 0 Å². The Bertz CT molecular complexity index is 231. The number of hydrogen-bond acceptors (Lipinski definition) is 0. The van der Waals surface area contributed by atoms with Crippen molar-refractivity contribution in [2.75, 3.05) is 0 Å². The molecule has 1 aromatic carbocycles. The van der Waals surface area contributed by atoms with Crippen LogP contribution in [0.4, 0.5) is 0 Å². The zero-order chi connectivity index (χ0) is 8.81. The molecule has 0 saturated carbocycles. The van der Waals surface area contributed by atoms with Crippen molar-refractivity contribution in [3.63, 3.8) is 0 Å². The van der Waals surface area contributed by atoms with Gasteiger partial charge < -0.3 is 0 Å². The van der Waals surface area contributed by atoms with E-state index in [2.05, 4.69) is 50.3 Å². The molecule has 0 aromatic heterocycles. The molecule has 0 spiro atoms. The van der Waals surface area contributed by atoms with E-state index in [1.165, 1.54) is 11.5 Å². The van der Waals surface area contributed by atoms with Crippen LogP contribution in [0.5, 0.6) is 0 Å². The van der Waals surface area contributed by atoms with Crippen LogP contribution in [-0.2, 0) is 0 Å². The third-order valence-corrected chi connectivity index (χ3v) is 1.64. The standard InChI is InChI=1S/C12H15/c1-11(2)7-6-10-12-8-4-3-5-9-12/h3-6,8-10H,7H2,1-2H3. The minimum absolute atomic E-state index is 1.08. The maximum absolute atomic E-state index is 2.20. The number of rotatable bonds is 3. The molecule has 0 aliphatic carbocycles. The van der Waals surface area contributed by atoms with Gasteiger partial charge in [-0.1, -0.05) is 56.3 Å². The van der Waals surface area contributed by atoms with Crippen LogP contribution in [0.15, 0.2) is 36.4 Å². The second-order valence-electron chi connectivity index (χ2n) is 3.22. The summed E-state index contributed by atoms with van der Waals surface area (Å²) >= 11 is 0. The van der Waals surface area contributed by atoms with Crippen molar-refractivity contribution in [2.24, 2.45) is 0 Å². The van der Waals surface area contributed by atoms with Crippen molar-refractivity contribution in [2.45, 2.75) is 20.3 Å². The molecule has 0 aliphatic rings. The lowest BCUT2D eigenvalue weighted by molar-refractivity contribution is 0.995. The van der Waals surface area contributed by atoms with Crippen LogP contribution in [-0.4, -0.2) is 0 Å². The van der Waals surface area contributed by atoms with Gasteiger partial charge in [-0.3, -0.25) is 0 Å². The summed E-state index contributed by atoms with van der Waals surface area (Å²) in [6.45, 7) is 4.30. The van der Waals surface area contributed by atoms with Gasteiger partial charge in [0.15, 0.2) is 0 Å². The molecule has 0 N–H and O–H groups in total. The van der Waals surface area contributed by atoms with Gasteiger partial charge >= 0.3 is 0 Å². The number of allylic oxidation sites excluding steroid dienone is 1. The van der Waals surface area contributed by atoms with E-state index in [0.29, 0.717) is 0 Å². The summed E-state index contributed by atoms with van der Waals surface area (Å²) in [5.74, 6) is 1.45. The van der Waals surface area contributed by atoms with Crippen molar-refractivity contribution in [1.82, 2.24) is 0 Å². The Balaban J connectivity index is 2.47. The molecule has 63 valence electrons. The van der Waals surface area contributed by atoms with Crippen LogP contribution in [0.1, 0.15) is 25.8 Å². The maximum Gasteiger partial charge on any atom is -0.0260 e. The van der Waals surface area contributed by atoms with Gasteiger partial charge in [0, 0.05) is 0 Å². The summed E-state index contributed by atoms with van der Waals surface area (Å²) in [5.41, 5.74) is 1.28. The molecule has 0 unspecified atom stereocenters. The highest BCUT2D eigenvalue weighted by Gasteiger charge is 1.88. The monoisotopic (exact) mass is 159 g/mol. The highest BCUT2D eigenvalue weighted by molar-refractivity contribution is 5.48. The summed E-state index contributed by atoms with van der Waals surface area (Å²) in [4.78, 5) is 0. The van der Waals surface area contributed by atoms with E-state index in [0.717, 1.165) is 6.42 Å². The molecule has 0 saturated heterocycles. The van der Waals surface area contributed by atoms with Crippen LogP contribution in [0.25, 0.3) is 6.08 Å². The number of hydrogen-bond donors (Lipinski definition) is 0. The lowest BCUT2D eigenvalue weighted by Gasteiger charge is -1.96. The lowest BCUT2D eigenvalue weighted by atomic mass is 10.1. The zero-order valence-electron chi connectivity index (χ0n) is 7.75. The largest absolute Gasteiger partial charge is 0.0834 e. The van der Waals surface area contributed by atoms with E-state index in [4.69, 9.17) is 0 Å². The molecule has 12 heavy (non-hydrogen) atoms. The molecule has 0 fully saturated rings. The van der Waals surface area contributed by atoms with Crippen LogP contribution >= 0.6 is 0 Å². The van der Waals surface area contributed by atoms with Gasteiger partial charge in [0.05, 0.1) is 0 Å². The van der Waals surface area contributed by atoms with Crippen LogP contribution < -0.4 is 0 Å². The predicted octanol–water partition coefficient (Wildman–Crippen LogP) is 3.70. The Kier molecular flexibility index (Phi) is 3.59. The first kappa shape index (κ1) is 9.05. The highest BCUT2D eigenvalue weighted by atomic mass is 13.9. The molecule has 0 nitrogen and oxygen atoms in total. The molecule has 1 rings (SSSR count). The minimum Gasteiger partial charge on any atom is -0.0834 e. The molecule has 1 aromatic rings. The van der Waals surface area contributed by atoms with Crippen LogP contribution in [0.3, 0.4) is 0 Å². The molecular formula is C12H15. The molecule has 0 heterocycles. The fraction of sp³-hybridized carbons (Fsp3) is 0.250. The Morgan fingerprint density at radius 1 is 1.17 bits per heavy atom. The third kappa shape index (κ3) is 3.38. The first-order valence-corrected chi connectivity index (χ1v) is 4.29. The van der Waals surface area contributed by atoms with Gasteiger partial charge in [0.2, 0.25) is 0 Å². The Hall–Kier alpha value is -1.04. The van der Waals surface area contributed by atoms with E-state index in [9.17, 15) is 0 Å². The van der Waals surface area contributed by atoms with E-state index in [-0.39, 0.29) is 0 Å². The fourth-order valence-corrected chi connectivity index (χ4v) is 0.995. The van der Waals surface area contributed by atoms with Gasteiger partial charge in [-0.05, 0) is 17.9 Å². The summed E-state index contributed by atoms with van der Waals surface area (Å²) in [5, 5.41) is 0. The normalized spacial score (nSPS) is 11.2. The van der Waals surface area contributed by atoms with Crippen LogP contribution in [0, 0.1) is 5.92 Å². The topological polar surface area (TPSA) is 0 Å². The maximum atomic E-state index is 2.20. The third-order valence-electron chi connectivity index (χ3n) is 1.64. The summed E-state index contributed by atoms with van der Waals surface area (Å²) in [6, 6.07) is 10.4. The molecule has 0 bridgehead atoms. The van der Waals surface area contributed by atoms with E-state index < -0.39 is 0 Å². The smallest absolute Gasteiger partial charge is 0.0260 e. The molecule has 1 radical (unpaired) electrons. The second kappa shape index (κ2) is 4.76. The van der Waals surface area contributed by atoms with Crippen LogP contribution in [0.2, 0.25) is 0 Å². The molecule has 0 aliphatic heterocycles. The van der Waals surface area contributed by atoms with Gasteiger partial charge in [-0.15, -0.1) is 0 Å². The van der Waals surface area contributed by atoms with Crippen molar-refractivity contribution < 1.29 is 0 Å².